The van der Waals surface area contributed by atoms with Gasteiger partial charge in [-0.15, -0.1) is 0 Å². The number of nitrogens with zero attached hydrogens (tertiary/aromatic N) is 1. The number of hydrogen-bond acceptors (Lipinski definition) is 3. The largest absolute Gasteiger partial charge is 0.387 e. The Morgan fingerprint density at radius 1 is 1.11 bits per heavy atom. The number of halogens is 3. The fourth-order valence-corrected chi connectivity index (χ4v) is 3.83. The smallest absolute Gasteiger partial charge is 0.217 e. The van der Waals surface area contributed by atoms with Gasteiger partial charge in [0.15, 0.2) is 11.6 Å². The maximum atomic E-state index is 14.4. The first-order chi connectivity index (χ1) is 13.3. The molecule has 1 heterocycles. The third-order valence-corrected chi connectivity index (χ3v) is 5.27. The van der Waals surface area contributed by atoms with Gasteiger partial charge in [0.05, 0.1) is 11.6 Å². The van der Waals surface area contributed by atoms with Crippen molar-refractivity contribution in [1.82, 2.24) is 10.2 Å². The van der Waals surface area contributed by atoms with Gasteiger partial charge in [0.2, 0.25) is 5.91 Å². The molecule has 0 saturated carbocycles. The molecule has 0 aliphatic carbocycles. The van der Waals surface area contributed by atoms with Crippen LogP contribution in [0.1, 0.15) is 37.0 Å². The average molecular weight is 392 g/mol. The van der Waals surface area contributed by atoms with Crippen LogP contribution in [0, 0.1) is 17.5 Å². The Kier molecular flexibility index (Phi) is 6.05. The van der Waals surface area contributed by atoms with Gasteiger partial charge in [-0.2, -0.15) is 0 Å². The number of nitrogens with one attached hydrogen (secondary N) is 1. The van der Waals surface area contributed by atoms with E-state index in [4.69, 9.17) is 0 Å². The van der Waals surface area contributed by atoms with Crippen LogP contribution in [0.3, 0.4) is 0 Å². The summed E-state index contributed by atoms with van der Waals surface area (Å²) in [7, 11) is 0. The van der Waals surface area contributed by atoms with Gasteiger partial charge in [0.25, 0.3) is 0 Å². The van der Waals surface area contributed by atoms with Gasteiger partial charge in [0, 0.05) is 32.1 Å². The van der Waals surface area contributed by atoms with Crippen LogP contribution in [0.4, 0.5) is 13.2 Å². The lowest BCUT2D eigenvalue weighted by molar-refractivity contribution is -0.121. The van der Waals surface area contributed by atoms with Crippen molar-refractivity contribution in [1.29, 1.82) is 0 Å². The van der Waals surface area contributed by atoms with Crippen LogP contribution >= 0.6 is 0 Å². The van der Waals surface area contributed by atoms with Crippen molar-refractivity contribution >= 4 is 5.91 Å². The molecule has 0 spiro atoms. The number of benzene rings is 2. The van der Waals surface area contributed by atoms with Crippen molar-refractivity contribution in [3.63, 3.8) is 0 Å². The second-order valence-electron chi connectivity index (χ2n) is 7.23. The number of hydrogen-bond donors (Lipinski definition) is 2. The lowest BCUT2D eigenvalue weighted by Crippen LogP contribution is -2.53. The molecule has 7 heteroatoms. The Bertz CT molecular complexity index is 851. The minimum absolute atomic E-state index is 0.235. The van der Waals surface area contributed by atoms with E-state index in [9.17, 15) is 23.1 Å². The quantitative estimate of drug-likeness (QED) is 0.821. The summed E-state index contributed by atoms with van der Waals surface area (Å²) in [6, 6.07) is 9.73. The Morgan fingerprint density at radius 2 is 1.79 bits per heavy atom. The van der Waals surface area contributed by atoms with Crippen LogP contribution in [0.2, 0.25) is 0 Å². The van der Waals surface area contributed by atoms with Gasteiger partial charge >= 0.3 is 0 Å². The van der Waals surface area contributed by atoms with E-state index >= 15 is 0 Å². The number of rotatable bonds is 5. The maximum absolute atomic E-state index is 14.4. The molecule has 1 aliphatic rings. The highest BCUT2D eigenvalue weighted by atomic mass is 19.2. The second-order valence-corrected chi connectivity index (χ2v) is 7.23. The van der Waals surface area contributed by atoms with E-state index in [0.717, 1.165) is 12.1 Å². The summed E-state index contributed by atoms with van der Waals surface area (Å²) in [6.45, 7) is 2.66. The van der Waals surface area contributed by atoms with E-state index < -0.39 is 23.3 Å². The highest BCUT2D eigenvalue weighted by Gasteiger charge is 2.39. The number of likely N-dealkylation sites (tertiary alicyclic amines) is 1. The summed E-state index contributed by atoms with van der Waals surface area (Å²) in [4.78, 5) is 13.7. The first-order valence-corrected chi connectivity index (χ1v) is 9.20. The molecule has 2 aromatic rings. The average Bonchev–Trinajstić information content (AvgIpc) is 2.65. The van der Waals surface area contributed by atoms with Gasteiger partial charge < -0.3 is 15.3 Å². The molecular formula is C21H23F3N2O2. The third-order valence-electron chi connectivity index (χ3n) is 5.27. The Hall–Kier alpha value is -2.38. The van der Waals surface area contributed by atoms with E-state index in [1.807, 2.05) is 4.90 Å². The standard InChI is InChI=1S/C21H23F3N2O2/c1-14(27)25-21(16-4-2-3-5-17(16)22)8-10-26(11-9-21)13-20(28)15-6-7-18(23)19(24)12-15/h2-7,12,20,28H,8-11,13H2,1H3,(H,25,27). The van der Waals surface area contributed by atoms with Gasteiger partial charge in [-0.1, -0.05) is 24.3 Å². The van der Waals surface area contributed by atoms with Crippen LogP contribution in [0.25, 0.3) is 0 Å². The minimum atomic E-state index is -1.00. The zero-order valence-electron chi connectivity index (χ0n) is 15.6. The molecule has 0 radical (unpaired) electrons. The highest BCUT2D eigenvalue weighted by molar-refractivity contribution is 5.74. The van der Waals surface area contributed by atoms with Crippen molar-refractivity contribution in [3.05, 3.63) is 71.0 Å². The molecule has 1 saturated heterocycles. The lowest BCUT2D eigenvalue weighted by Gasteiger charge is -2.43. The molecule has 1 fully saturated rings. The Morgan fingerprint density at radius 3 is 2.39 bits per heavy atom. The Balaban J connectivity index is 1.71. The van der Waals surface area contributed by atoms with Crippen molar-refractivity contribution in [2.24, 2.45) is 0 Å². The number of aliphatic hydroxyl groups is 1. The van der Waals surface area contributed by atoms with E-state index in [-0.39, 0.29) is 18.3 Å². The van der Waals surface area contributed by atoms with Gasteiger partial charge in [-0.25, -0.2) is 13.2 Å². The molecule has 1 atom stereocenters. The van der Waals surface area contributed by atoms with Crippen LogP contribution in [-0.4, -0.2) is 35.5 Å². The third kappa shape index (κ3) is 4.36. The van der Waals surface area contributed by atoms with Crippen molar-refractivity contribution < 1.29 is 23.1 Å². The predicted molar refractivity (Wildman–Crippen MR) is 98.9 cm³/mol. The number of piperidine rings is 1. The number of aliphatic hydroxyl groups excluding tert-OH is 1. The summed E-state index contributed by atoms with van der Waals surface area (Å²) < 4.78 is 40.9. The summed E-state index contributed by atoms with van der Waals surface area (Å²) in [5.74, 6) is -2.57. The number of carbonyl (C=O) groups excluding carboxylic acids is 1. The van der Waals surface area contributed by atoms with E-state index in [2.05, 4.69) is 5.32 Å². The number of amides is 1. The fraction of sp³-hybridized carbons (Fsp3) is 0.381. The molecular weight excluding hydrogens is 369 g/mol. The van der Waals surface area contributed by atoms with E-state index in [1.54, 1.807) is 18.2 Å². The van der Waals surface area contributed by atoms with Gasteiger partial charge in [-0.3, -0.25) is 4.79 Å². The molecule has 2 N–H and O–H groups in total. The minimum Gasteiger partial charge on any atom is -0.387 e. The molecule has 0 bridgehead atoms. The molecule has 2 aromatic carbocycles. The monoisotopic (exact) mass is 392 g/mol. The first kappa shape index (κ1) is 20.4. The molecule has 1 aliphatic heterocycles. The van der Waals surface area contributed by atoms with Crippen LogP contribution in [0.15, 0.2) is 42.5 Å². The van der Waals surface area contributed by atoms with Gasteiger partial charge in [0.1, 0.15) is 5.82 Å². The van der Waals surface area contributed by atoms with Crippen molar-refractivity contribution in [2.45, 2.75) is 31.4 Å². The lowest BCUT2D eigenvalue weighted by atomic mass is 9.80. The summed E-state index contributed by atoms with van der Waals surface area (Å²) in [5, 5.41) is 13.3. The normalized spacial score (nSPS) is 17.9. The fourth-order valence-electron chi connectivity index (χ4n) is 3.83. The molecule has 4 nitrogen and oxygen atoms in total. The van der Waals surface area contributed by atoms with Crippen molar-refractivity contribution in [2.75, 3.05) is 19.6 Å². The topological polar surface area (TPSA) is 52.6 Å². The van der Waals surface area contributed by atoms with E-state index in [1.165, 1.54) is 19.1 Å². The van der Waals surface area contributed by atoms with Crippen LogP contribution < -0.4 is 5.32 Å². The zero-order valence-corrected chi connectivity index (χ0v) is 15.6. The molecule has 3 rings (SSSR count). The molecule has 1 amide bonds. The van der Waals surface area contributed by atoms with E-state index in [0.29, 0.717) is 37.1 Å². The molecule has 28 heavy (non-hydrogen) atoms. The summed E-state index contributed by atoms with van der Waals surface area (Å²) in [6.07, 6.45) is -0.0347. The maximum Gasteiger partial charge on any atom is 0.217 e. The SMILES string of the molecule is CC(=O)NC1(c2ccccc2F)CCN(CC(O)c2ccc(F)c(F)c2)CC1. The number of carbonyl (C=O) groups is 1. The summed E-state index contributed by atoms with van der Waals surface area (Å²) in [5.41, 5.74) is -0.0571. The van der Waals surface area contributed by atoms with Gasteiger partial charge in [-0.05, 0) is 36.6 Å². The number of β-amino-alcohol motifs (C(OH)–C–C–N with tert-alkyl or cyclic N) is 1. The highest BCUT2D eigenvalue weighted by Crippen LogP contribution is 2.35. The zero-order chi connectivity index (χ0) is 20.3. The molecule has 0 aromatic heterocycles. The first-order valence-electron chi connectivity index (χ1n) is 9.20. The molecule has 1 unspecified atom stereocenters. The predicted octanol–water partition coefficient (Wildman–Crippen LogP) is 3.26. The van der Waals surface area contributed by atoms with Crippen molar-refractivity contribution in [3.8, 4) is 0 Å². The second kappa shape index (κ2) is 8.32. The van der Waals surface area contributed by atoms with Crippen LogP contribution in [0.5, 0.6) is 0 Å². The summed E-state index contributed by atoms with van der Waals surface area (Å²) >= 11 is 0. The molecule has 150 valence electrons. The van der Waals surface area contributed by atoms with Crippen LogP contribution in [-0.2, 0) is 10.3 Å². The Labute approximate surface area is 162 Å².